The normalized spacial score (nSPS) is 10.4. The topological polar surface area (TPSA) is 46.5 Å². The number of carbonyl (C=O) groups excluding carboxylic acids is 1. The monoisotopic (exact) mass is 406 g/mol. The van der Waals surface area contributed by atoms with Crippen molar-refractivity contribution in [3.05, 3.63) is 113 Å². The zero-order valence-corrected chi connectivity index (χ0v) is 17.3. The van der Waals surface area contributed by atoms with Crippen molar-refractivity contribution in [1.82, 2.24) is 0 Å². The van der Waals surface area contributed by atoms with Crippen molar-refractivity contribution in [3.63, 3.8) is 0 Å². The van der Waals surface area contributed by atoms with Crippen molar-refractivity contribution in [3.8, 4) is 17.6 Å². The molecule has 4 aromatic carbocycles. The second kappa shape index (κ2) is 9.19. The minimum Gasteiger partial charge on any atom is -0.507 e. The second-order valence-corrected chi connectivity index (χ2v) is 7.34. The minimum atomic E-state index is -0.360. The maximum absolute atomic E-state index is 11.6. The van der Waals surface area contributed by atoms with Crippen molar-refractivity contribution in [2.75, 3.05) is 7.11 Å². The van der Waals surface area contributed by atoms with Crippen molar-refractivity contribution in [1.29, 1.82) is 0 Å². The molecule has 4 aromatic rings. The maximum atomic E-state index is 11.6. The lowest BCUT2D eigenvalue weighted by molar-refractivity contribution is 0.0600. The number of ether oxygens (including phenoxy) is 1. The molecular weight excluding hydrogens is 384 g/mol. The smallest absolute Gasteiger partial charge is 0.337 e. The molecule has 0 atom stereocenters. The largest absolute Gasteiger partial charge is 0.507 e. The van der Waals surface area contributed by atoms with E-state index >= 15 is 0 Å². The predicted molar refractivity (Wildman–Crippen MR) is 123 cm³/mol. The molecule has 0 saturated heterocycles. The van der Waals surface area contributed by atoms with Gasteiger partial charge in [-0.2, -0.15) is 0 Å². The maximum Gasteiger partial charge on any atom is 0.337 e. The number of carbonyl (C=O) groups is 1. The quantitative estimate of drug-likeness (QED) is 0.359. The molecule has 4 rings (SSSR count). The number of hydrogen-bond donors (Lipinski definition) is 1. The Bertz CT molecular complexity index is 1280. The lowest BCUT2D eigenvalue weighted by atomic mass is 9.98. The summed E-state index contributed by atoms with van der Waals surface area (Å²) >= 11 is 0. The molecule has 0 aliphatic carbocycles. The molecule has 0 unspecified atom stereocenters. The summed E-state index contributed by atoms with van der Waals surface area (Å²) < 4.78 is 4.74. The Morgan fingerprint density at radius 2 is 1.65 bits per heavy atom. The Morgan fingerprint density at radius 1 is 0.903 bits per heavy atom. The van der Waals surface area contributed by atoms with E-state index in [-0.39, 0.29) is 11.7 Å². The SMILES string of the molecule is COC(=O)c1ccc(Cc2ccc3ccc(C#CCc4ccccc4)cc3c2O)cc1. The fourth-order valence-electron chi connectivity index (χ4n) is 3.51. The van der Waals surface area contributed by atoms with Crippen LogP contribution in [0.3, 0.4) is 0 Å². The molecule has 0 bridgehead atoms. The van der Waals surface area contributed by atoms with Gasteiger partial charge in [-0.15, -0.1) is 0 Å². The fourth-order valence-corrected chi connectivity index (χ4v) is 3.51. The summed E-state index contributed by atoms with van der Waals surface area (Å²) in [4.78, 5) is 11.6. The third-order valence-corrected chi connectivity index (χ3v) is 5.21. The highest BCUT2D eigenvalue weighted by Gasteiger charge is 2.09. The Kier molecular flexibility index (Phi) is 6.01. The van der Waals surface area contributed by atoms with Gasteiger partial charge in [0.2, 0.25) is 0 Å². The van der Waals surface area contributed by atoms with Gasteiger partial charge in [-0.1, -0.05) is 72.5 Å². The van der Waals surface area contributed by atoms with Crippen LogP contribution in [0.5, 0.6) is 5.75 Å². The van der Waals surface area contributed by atoms with E-state index in [1.54, 1.807) is 12.1 Å². The van der Waals surface area contributed by atoms with Gasteiger partial charge in [0.05, 0.1) is 12.7 Å². The summed E-state index contributed by atoms with van der Waals surface area (Å²) in [6.07, 6.45) is 1.25. The van der Waals surface area contributed by atoms with Gasteiger partial charge in [0.25, 0.3) is 0 Å². The molecule has 31 heavy (non-hydrogen) atoms. The van der Waals surface area contributed by atoms with Crippen LogP contribution in [0.4, 0.5) is 0 Å². The van der Waals surface area contributed by atoms with E-state index in [1.165, 1.54) is 12.7 Å². The highest BCUT2D eigenvalue weighted by atomic mass is 16.5. The van der Waals surface area contributed by atoms with Gasteiger partial charge in [-0.3, -0.25) is 0 Å². The summed E-state index contributed by atoms with van der Waals surface area (Å²) in [6.45, 7) is 0. The molecule has 0 heterocycles. The molecule has 3 heteroatoms. The van der Waals surface area contributed by atoms with Gasteiger partial charge in [-0.05, 0) is 46.3 Å². The van der Waals surface area contributed by atoms with Crippen molar-refractivity contribution in [2.24, 2.45) is 0 Å². The molecule has 1 N–H and O–H groups in total. The van der Waals surface area contributed by atoms with Crippen LogP contribution in [0.1, 0.15) is 32.6 Å². The van der Waals surface area contributed by atoms with Crippen LogP contribution in [-0.2, 0) is 17.6 Å². The number of benzene rings is 4. The average Bonchev–Trinajstić information content (AvgIpc) is 2.82. The van der Waals surface area contributed by atoms with E-state index in [0.29, 0.717) is 18.4 Å². The number of phenols is 1. The van der Waals surface area contributed by atoms with Gasteiger partial charge < -0.3 is 9.84 Å². The lowest BCUT2D eigenvalue weighted by Gasteiger charge is -2.09. The average molecular weight is 406 g/mol. The van der Waals surface area contributed by atoms with Crippen molar-refractivity contribution >= 4 is 16.7 Å². The molecule has 3 nitrogen and oxygen atoms in total. The minimum absolute atomic E-state index is 0.265. The highest BCUT2D eigenvalue weighted by Crippen LogP contribution is 2.31. The standard InChI is InChI=1S/C28H22O3/c1-31-28(30)24-14-11-22(12-15-24)18-25-17-16-23-13-10-21(19-26(23)27(25)29)9-5-8-20-6-3-2-4-7-20/h2-4,6-7,10-17,19,29H,8,18H2,1H3. The molecule has 0 amide bonds. The number of esters is 1. The lowest BCUT2D eigenvalue weighted by Crippen LogP contribution is -2.01. The molecule has 152 valence electrons. The Hall–Kier alpha value is -4.03. The van der Waals surface area contributed by atoms with Crippen molar-refractivity contribution < 1.29 is 14.6 Å². The summed E-state index contributed by atoms with van der Waals surface area (Å²) in [5.41, 5.74) is 4.39. The zero-order chi connectivity index (χ0) is 21.6. The number of phenolic OH excluding ortho intramolecular Hbond substituents is 1. The van der Waals surface area contributed by atoms with E-state index in [4.69, 9.17) is 4.74 Å². The first-order valence-corrected chi connectivity index (χ1v) is 10.1. The van der Waals surface area contributed by atoms with Crippen LogP contribution in [0.15, 0.2) is 84.9 Å². The summed E-state index contributed by atoms with van der Waals surface area (Å²) in [6, 6.07) is 27.2. The van der Waals surface area contributed by atoms with Gasteiger partial charge in [0.1, 0.15) is 5.75 Å². The molecular formula is C28H22O3. The van der Waals surface area contributed by atoms with Gasteiger partial charge in [0.15, 0.2) is 0 Å². The summed E-state index contributed by atoms with van der Waals surface area (Å²) in [5, 5.41) is 12.7. The number of aromatic hydroxyl groups is 1. The highest BCUT2D eigenvalue weighted by molar-refractivity contribution is 5.91. The summed E-state index contributed by atoms with van der Waals surface area (Å²) in [7, 11) is 1.36. The fraction of sp³-hybridized carbons (Fsp3) is 0.107. The van der Waals surface area contributed by atoms with Crippen LogP contribution < -0.4 is 0 Å². The van der Waals surface area contributed by atoms with E-state index in [9.17, 15) is 9.90 Å². The number of hydrogen-bond acceptors (Lipinski definition) is 3. The first kappa shape index (κ1) is 20.3. The molecule has 0 spiro atoms. The Morgan fingerprint density at radius 3 is 2.39 bits per heavy atom. The van der Waals surface area contributed by atoms with Gasteiger partial charge in [0, 0.05) is 23.8 Å². The van der Waals surface area contributed by atoms with Crippen LogP contribution in [0, 0.1) is 11.8 Å². The Labute approximate surface area is 181 Å². The first-order valence-electron chi connectivity index (χ1n) is 10.1. The van der Waals surface area contributed by atoms with Gasteiger partial charge in [-0.25, -0.2) is 4.79 Å². The molecule has 0 aliphatic heterocycles. The molecule has 0 saturated carbocycles. The second-order valence-electron chi connectivity index (χ2n) is 7.34. The molecule has 0 aromatic heterocycles. The van der Waals surface area contributed by atoms with Crippen LogP contribution in [0.25, 0.3) is 10.8 Å². The van der Waals surface area contributed by atoms with Crippen LogP contribution in [-0.4, -0.2) is 18.2 Å². The third-order valence-electron chi connectivity index (χ3n) is 5.21. The van der Waals surface area contributed by atoms with Gasteiger partial charge >= 0.3 is 5.97 Å². The third kappa shape index (κ3) is 4.76. The number of rotatable bonds is 4. The Balaban J connectivity index is 1.57. The van der Waals surface area contributed by atoms with Crippen molar-refractivity contribution in [2.45, 2.75) is 12.8 Å². The molecule has 0 radical (unpaired) electrons. The number of methoxy groups -OCH3 is 1. The molecule has 0 aliphatic rings. The van der Waals surface area contributed by atoms with E-state index < -0.39 is 0 Å². The van der Waals surface area contributed by atoms with E-state index in [1.807, 2.05) is 60.7 Å². The predicted octanol–water partition coefficient (Wildman–Crippen LogP) is 5.52. The first-order chi connectivity index (χ1) is 15.1. The number of fused-ring (bicyclic) bond motifs is 1. The molecule has 0 fully saturated rings. The van der Waals surface area contributed by atoms with E-state index in [2.05, 4.69) is 24.0 Å². The zero-order valence-electron chi connectivity index (χ0n) is 17.3. The van der Waals surface area contributed by atoms with Crippen LogP contribution >= 0.6 is 0 Å². The summed E-state index contributed by atoms with van der Waals surface area (Å²) in [5.74, 6) is 6.31. The van der Waals surface area contributed by atoms with Crippen LogP contribution in [0.2, 0.25) is 0 Å². The van der Waals surface area contributed by atoms with E-state index in [0.717, 1.165) is 27.5 Å².